The predicted octanol–water partition coefficient (Wildman–Crippen LogP) is 4.20. The molecule has 2 N–H and O–H groups in total. The van der Waals surface area contributed by atoms with Crippen LogP contribution < -0.4 is 0 Å². The quantitative estimate of drug-likeness (QED) is 0.488. The van der Waals surface area contributed by atoms with Gasteiger partial charge >= 0.3 is 0 Å². The molecule has 0 amide bonds. The third-order valence-electron chi connectivity index (χ3n) is 5.24. The number of aliphatic hydroxyl groups excluding tert-OH is 2. The van der Waals surface area contributed by atoms with Gasteiger partial charge in [0.25, 0.3) is 0 Å². The largest absolute Gasteiger partial charge is 0.413 e. The van der Waals surface area contributed by atoms with Gasteiger partial charge in [-0.25, -0.2) is 0 Å². The predicted molar refractivity (Wildman–Crippen MR) is 101 cm³/mol. The maximum atomic E-state index is 10.5. The van der Waals surface area contributed by atoms with E-state index < -0.39 is 20.5 Å². The zero-order valence-electron chi connectivity index (χ0n) is 16.6. The number of aliphatic hydroxyl groups is 2. The minimum atomic E-state index is -1.98. The molecule has 0 saturated carbocycles. The first-order valence-corrected chi connectivity index (χ1v) is 11.1. The number of rotatable bonds is 9. The molecule has 136 valence electrons. The van der Waals surface area contributed by atoms with Gasteiger partial charge in [0.05, 0.1) is 18.8 Å². The van der Waals surface area contributed by atoms with E-state index in [2.05, 4.69) is 53.4 Å². The molecule has 4 heteroatoms. The van der Waals surface area contributed by atoms with Gasteiger partial charge in [-0.1, -0.05) is 54.4 Å². The summed E-state index contributed by atoms with van der Waals surface area (Å²) in [5.74, 6) is 5.39. The molecule has 3 nitrogen and oxygen atoms in total. The molecule has 0 heterocycles. The lowest BCUT2D eigenvalue weighted by Gasteiger charge is -2.43. The highest BCUT2D eigenvalue weighted by atomic mass is 28.4. The molecule has 0 fully saturated rings. The molecule has 4 atom stereocenters. The molecule has 23 heavy (non-hydrogen) atoms. The van der Waals surface area contributed by atoms with Crippen molar-refractivity contribution in [1.82, 2.24) is 0 Å². The second-order valence-electron chi connectivity index (χ2n) is 7.73. The minimum Gasteiger partial charge on any atom is -0.413 e. The van der Waals surface area contributed by atoms with Crippen LogP contribution in [-0.2, 0) is 4.43 Å². The average molecular weight is 343 g/mol. The van der Waals surface area contributed by atoms with E-state index in [4.69, 9.17) is 4.43 Å². The Morgan fingerprint density at radius 1 is 0.870 bits per heavy atom. The lowest BCUT2D eigenvalue weighted by atomic mass is 9.90. The van der Waals surface area contributed by atoms with Crippen molar-refractivity contribution in [3.63, 3.8) is 0 Å². The molecule has 0 aromatic carbocycles. The third kappa shape index (κ3) is 5.60. The van der Waals surface area contributed by atoms with E-state index in [-0.39, 0.29) is 11.8 Å². The van der Waals surface area contributed by atoms with Crippen LogP contribution in [-0.4, -0.2) is 37.3 Å². The van der Waals surface area contributed by atoms with Crippen LogP contribution in [0.2, 0.25) is 16.6 Å². The molecule has 0 aliphatic carbocycles. The van der Waals surface area contributed by atoms with E-state index in [0.717, 1.165) is 0 Å². The van der Waals surface area contributed by atoms with Crippen LogP contribution in [0.3, 0.4) is 0 Å². The van der Waals surface area contributed by atoms with Gasteiger partial charge in [-0.2, -0.15) is 0 Å². The highest BCUT2D eigenvalue weighted by molar-refractivity contribution is 6.77. The molecule has 0 unspecified atom stereocenters. The summed E-state index contributed by atoms with van der Waals surface area (Å²) < 4.78 is 6.43. The average Bonchev–Trinajstić information content (AvgIpc) is 2.45. The Morgan fingerprint density at radius 3 is 1.65 bits per heavy atom. The first-order valence-electron chi connectivity index (χ1n) is 8.94. The molecule has 0 rings (SSSR count). The fraction of sp³-hybridized carbons (Fsp3) is 0.895. The van der Waals surface area contributed by atoms with Gasteiger partial charge in [0.2, 0.25) is 0 Å². The molecule has 0 spiro atoms. The van der Waals surface area contributed by atoms with Crippen molar-refractivity contribution in [1.29, 1.82) is 0 Å². The Hall–Kier alpha value is -0.343. The molecule has 0 aromatic rings. The fourth-order valence-electron chi connectivity index (χ4n) is 3.88. The normalized spacial score (nSPS) is 17.8. The number of hydrogen-bond acceptors (Lipinski definition) is 3. The maximum absolute atomic E-state index is 10.5. The van der Waals surface area contributed by atoms with Crippen molar-refractivity contribution >= 4 is 8.32 Å². The highest BCUT2D eigenvalue weighted by Gasteiger charge is 2.45. The van der Waals surface area contributed by atoms with Crippen LogP contribution in [0, 0.1) is 23.7 Å². The third-order valence-corrected chi connectivity index (χ3v) is 11.3. The van der Waals surface area contributed by atoms with Crippen molar-refractivity contribution in [3.8, 4) is 11.8 Å². The Bertz CT molecular complexity index is 373. The van der Waals surface area contributed by atoms with Crippen molar-refractivity contribution in [3.05, 3.63) is 0 Å². The lowest BCUT2D eigenvalue weighted by molar-refractivity contribution is -0.0175. The Morgan fingerprint density at radius 2 is 1.30 bits per heavy atom. The zero-order chi connectivity index (χ0) is 18.4. The summed E-state index contributed by atoms with van der Waals surface area (Å²) >= 11 is 0. The summed E-state index contributed by atoms with van der Waals surface area (Å²) in [4.78, 5) is 0. The van der Waals surface area contributed by atoms with Crippen molar-refractivity contribution < 1.29 is 14.6 Å². The van der Waals surface area contributed by atoms with Gasteiger partial charge in [0.1, 0.15) is 0 Å². The summed E-state index contributed by atoms with van der Waals surface area (Å²) in [5, 5.41) is 20.8. The fourth-order valence-corrected chi connectivity index (χ4v) is 9.34. The smallest absolute Gasteiger partial charge is 0.200 e. The topological polar surface area (TPSA) is 49.7 Å². The summed E-state index contributed by atoms with van der Waals surface area (Å²) in [5.41, 5.74) is 1.46. The van der Waals surface area contributed by atoms with Crippen LogP contribution in [0.15, 0.2) is 0 Å². The van der Waals surface area contributed by atoms with Crippen LogP contribution in [0.4, 0.5) is 0 Å². The monoisotopic (exact) mass is 342 g/mol. The summed E-state index contributed by atoms with van der Waals surface area (Å²) in [6.45, 7) is 19.2. The van der Waals surface area contributed by atoms with Gasteiger partial charge in [0, 0.05) is 11.8 Å². The summed E-state index contributed by atoms with van der Waals surface area (Å²) in [6, 6.07) is 0. The Balaban J connectivity index is 5.00. The first kappa shape index (κ1) is 22.7. The second-order valence-corrected chi connectivity index (χ2v) is 13.2. The van der Waals surface area contributed by atoms with Gasteiger partial charge in [-0.15, -0.1) is 5.92 Å². The minimum absolute atomic E-state index is 0.146. The van der Waals surface area contributed by atoms with Crippen LogP contribution >= 0.6 is 0 Å². The SMILES string of the molecule is CC#C[C@H](C)[C@H](O)[C@@H](C)[C@@H](O)CO[Si](C(C)C)(C(C)C)C(C)C. The van der Waals surface area contributed by atoms with E-state index >= 15 is 0 Å². The van der Waals surface area contributed by atoms with Gasteiger partial charge in [-0.05, 0) is 30.5 Å². The van der Waals surface area contributed by atoms with E-state index in [1.54, 1.807) is 6.92 Å². The first-order chi connectivity index (χ1) is 10.5. The molecule has 0 aliphatic rings. The van der Waals surface area contributed by atoms with E-state index in [0.29, 0.717) is 23.2 Å². The lowest BCUT2D eigenvalue weighted by Crippen LogP contribution is -2.50. The van der Waals surface area contributed by atoms with Crippen molar-refractivity contribution in [2.45, 2.75) is 91.1 Å². The van der Waals surface area contributed by atoms with Crippen LogP contribution in [0.5, 0.6) is 0 Å². The molecular formula is C19H38O3Si. The Kier molecular flexibility index (Phi) is 9.69. The van der Waals surface area contributed by atoms with E-state index in [9.17, 15) is 10.2 Å². The van der Waals surface area contributed by atoms with Crippen molar-refractivity contribution in [2.24, 2.45) is 11.8 Å². The highest BCUT2D eigenvalue weighted by Crippen LogP contribution is 2.42. The van der Waals surface area contributed by atoms with E-state index in [1.165, 1.54) is 0 Å². The zero-order valence-corrected chi connectivity index (χ0v) is 17.6. The summed E-state index contributed by atoms with van der Waals surface area (Å²) in [6.07, 6.45) is -1.32. The molecule has 0 aliphatic heterocycles. The van der Waals surface area contributed by atoms with Crippen molar-refractivity contribution in [2.75, 3.05) is 6.61 Å². The molecular weight excluding hydrogens is 304 g/mol. The van der Waals surface area contributed by atoms with Gasteiger partial charge in [0.15, 0.2) is 8.32 Å². The molecule has 0 radical (unpaired) electrons. The van der Waals surface area contributed by atoms with E-state index in [1.807, 2.05) is 13.8 Å². The second kappa shape index (κ2) is 9.83. The summed E-state index contributed by atoms with van der Waals surface area (Å²) in [7, 11) is -1.98. The Labute approximate surface area is 145 Å². The molecule has 0 aromatic heterocycles. The maximum Gasteiger partial charge on any atom is 0.200 e. The standard InChI is InChI=1S/C19H38O3Si/c1-10-11-16(8)19(21)17(9)18(20)12-22-23(13(2)3,14(4)5)15(6)7/h13-21H,12H2,1-9H3/t16-,17-,18-,19-/m0/s1. The van der Waals surface area contributed by atoms with Gasteiger partial charge < -0.3 is 14.6 Å². The molecule has 0 bridgehead atoms. The van der Waals surface area contributed by atoms with Crippen LogP contribution in [0.1, 0.15) is 62.3 Å². The van der Waals surface area contributed by atoms with Crippen LogP contribution in [0.25, 0.3) is 0 Å². The van der Waals surface area contributed by atoms with Gasteiger partial charge in [-0.3, -0.25) is 0 Å². The molecule has 0 saturated heterocycles. The number of hydrogen-bond donors (Lipinski definition) is 2.